The van der Waals surface area contributed by atoms with Crippen molar-refractivity contribution in [3.63, 3.8) is 0 Å². The molecule has 0 aromatic carbocycles. The van der Waals surface area contributed by atoms with Gasteiger partial charge in [0.2, 0.25) is 0 Å². The van der Waals surface area contributed by atoms with E-state index in [4.69, 9.17) is 0 Å². The quantitative estimate of drug-likeness (QED) is 0.826. The maximum Gasteiger partial charge on any atom is 0.0201 e. The number of hydrogen-bond donors (Lipinski definition) is 1. The molecule has 1 aliphatic carbocycles. The molecule has 0 bridgehead atoms. The maximum absolute atomic E-state index is 3.96. The molecular formula is C15H30N2S. The summed E-state index contributed by atoms with van der Waals surface area (Å²) in [5, 5.41) is 4.85. The predicted molar refractivity (Wildman–Crippen MR) is 82.4 cm³/mol. The summed E-state index contributed by atoms with van der Waals surface area (Å²) in [5.41, 5.74) is 0. The SMILES string of the molecule is CCSC1CCCC1NC1CCN(C(C)C)CC1. The Labute approximate surface area is 117 Å². The van der Waals surface area contributed by atoms with Crippen LogP contribution in [-0.2, 0) is 0 Å². The van der Waals surface area contributed by atoms with Gasteiger partial charge in [-0.1, -0.05) is 13.3 Å². The van der Waals surface area contributed by atoms with Crippen molar-refractivity contribution in [1.29, 1.82) is 0 Å². The van der Waals surface area contributed by atoms with E-state index in [1.807, 2.05) is 0 Å². The lowest BCUT2D eigenvalue weighted by atomic mass is 10.0. The molecule has 0 aromatic heterocycles. The number of rotatable bonds is 5. The molecule has 2 fully saturated rings. The van der Waals surface area contributed by atoms with Crippen LogP contribution >= 0.6 is 11.8 Å². The number of nitrogens with one attached hydrogen (secondary N) is 1. The molecule has 2 unspecified atom stereocenters. The number of nitrogens with zero attached hydrogens (tertiary/aromatic N) is 1. The molecule has 1 saturated heterocycles. The van der Waals surface area contributed by atoms with Crippen LogP contribution in [0.3, 0.4) is 0 Å². The molecule has 1 heterocycles. The zero-order valence-corrected chi connectivity index (χ0v) is 13.1. The Morgan fingerprint density at radius 2 is 1.89 bits per heavy atom. The smallest absolute Gasteiger partial charge is 0.0201 e. The van der Waals surface area contributed by atoms with E-state index in [1.165, 1.54) is 50.9 Å². The summed E-state index contributed by atoms with van der Waals surface area (Å²) in [6, 6.07) is 2.30. The molecule has 2 rings (SSSR count). The average Bonchev–Trinajstić information content (AvgIpc) is 2.78. The van der Waals surface area contributed by atoms with Crippen LogP contribution in [0.2, 0.25) is 0 Å². The lowest BCUT2D eigenvalue weighted by Crippen LogP contribution is -2.49. The van der Waals surface area contributed by atoms with Crippen molar-refractivity contribution < 1.29 is 0 Å². The lowest BCUT2D eigenvalue weighted by Gasteiger charge is -2.37. The third kappa shape index (κ3) is 3.88. The highest BCUT2D eigenvalue weighted by Crippen LogP contribution is 2.30. The topological polar surface area (TPSA) is 15.3 Å². The fourth-order valence-corrected chi connectivity index (χ4v) is 4.62. The van der Waals surface area contributed by atoms with E-state index < -0.39 is 0 Å². The lowest BCUT2D eigenvalue weighted by molar-refractivity contribution is 0.157. The van der Waals surface area contributed by atoms with Crippen LogP contribution in [0.15, 0.2) is 0 Å². The fraction of sp³-hybridized carbons (Fsp3) is 1.00. The largest absolute Gasteiger partial charge is 0.310 e. The van der Waals surface area contributed by atoms with Crippen molar-refractivity contribution in [3.8, 4) is 0 Å². The van der Waals surface area contributed by atoms with Crippen molar-refractivity contribution in [3.05, 3.63) is 0 Å². The first-order valence-electron chi connectivity index (χ1n) is 7.82. The summed E-state index contributed by atoms with van der Waals surface area (Å²) in [4.78, 5) is 2.62. The molecule has 0 amide bonds. The Kier molecular flexibility index (Phi) is 5.84. The van der Waals surface area contributed by atoms with Gasteiger partial charge < -0.3 is 10.2 Å². The van der Waals surface area contributed by atoms with Gasteiger partial charge in [0.1, 0.15) is 0 Å². The summed E-state index contributed by atoms with van der Waals surface area (Å²) in [6.45, 7) is 9.50. The number of thioether (sulfide) groups is 1. The Bertz CT molecular complexity index is 237. The molecule has 0 radical (unpaired) electrons. The first-order valence-corrected chi connectivity index (χ1v) is 8.87. The Balaban J connectivity index is 1.74. The number of piperidine rings is 1. The minimum atomic E-state index is 0.723. The van der Waals surface area contributed by atoms with Gasteiger partial charge in [0.25, 0.3) is 0 Å². The minimum absolute atomic E-state index is 0.723. The minimum Gasteiger partial charge on any atom is -0.310 e. The van der Waals surface area contributed by atoms with Crippen molar-refractivity contribution in [2.75, 3.05) is 18.8 Å². The second kappa shape index (κ2) is 7.16. The summed E-state index contributed by atoms with van der Waals surface area (Å²) >= 11 is 2.17. The van der Waals surface area contributed by atoms with E-state index in [2.05, 4.69) is 42.7 Å². The Hall–Kier alpha value is 0.270. The van der Waals surface area contributed by atoms with E-state index in [9.17, 15) is 0 Å². The first kappa shape index (κ1) is 14.7. The number of hydrogen-bond acceptors (Lipinski definition) is 3. The van der Waals surface area contributed by atoms with Gasteiger partial charge in [0, 0.05) is 23.4 Å². The highest BCUT2D eigenvalue weighted by atomic mass is 32.2. The first-order chi connectivity index (χ1) is 8.70. The van der Waals surface area contributed by atoms with Crippen molar-refractivity contribution >= 4 is 11.8 Å². The molecule has 106 valence electrons. The summed E-state index contributed by atoms with van der Waals surface area (Å²) in [6.07, 6.45) is 6.96. The van der Waals surface area contributed by atoms with Crippen LogP contribution in [0.1, 0.15) is 52.9 Å². The van der Waals surface area contributed by atoms with Crippen molar-refractivity contribution in [2.45, 2.75) is 76.3 Å². The van der Waals surface area contributed by atoms with Gasteiger partial charge in [-0.15, -0.1) is 0 Å². The van der Waals surface area contributed by atoms with Crippen LogP contribution in [0, 0.1) is 0 Å². The molecule has 2 aliphatic rings. The molecule has 1 aliphatic heterocycles. The molecule has 18 heavy (non-hydrogen) atoms. The van der Waals surface area contributed by atoms with E-state index in [0.717, 1.165) is 23.4 Å². The highest BCUT2D eigenvalue weighted by molar-refractivity contribution is 7.99. The second-order valence-corrected chi connectivity index (χ2v) is 7.62. The van der Waals surface area contributed by atoms with Gasteiger partial charge in [-0.2, -0.15) is 11.8 Å². The summed E-state index contributed by atoms with van der Waals surface area (Å²) < 4.78 is 0. The van der Waals surface area contributed by atoms with Gasteiger partial charge in [-0.3, -0.25) is 0 Å². The van der Waals surface area contributed by atoms with E-state index in [1.54, 1.807) is 0 Å². The Morgan fingerprint density at radius 1 is 1.17 bits per heavy atom. The zero-order valence-electron chi connectivity index (χ0n) is 12.3. The van der Waals surface area contributed by atoms with Gasteiger partial charge in [-0.25, -0.2) is 0 Å². The average molecular weight is 270 g/mol. The van der Waals surface area contributed by atoms with Crippen molar-refractivity contribution in [2.24, 2.45) is 0 Å². The van der Waals surface area contributed by atoms with Crippen LogP contribution < -0.4 is 5.32 Å². The van der Waals surface area contributed by atoms with E-state index in [0.29, 0.717) is 0 Å². The van der Waals surface area contributed by atoms with Crippen LogP contribution in [-0.4, -0.2) is 47.1 Å². The molecular weight excluding hydrogens is 240 g/mol. The second-order valence-electron chi connectivity index (χ2n) is 6.10. The van der Waals surface area contributed by atoms with Crippen LogP contribution in [0.5, 0.6) is 0 Å². The molecule has 0 aromatic rings. The molecule has 2 atom stereocenters. The third-order valence-corrected chi connectivity index (χ3v) is 5.87. The van der Waals surface area contributed by atoms with Gasteiger partial charge >= 0.3 is 0 Å². The normalized spacial score (nSPS) is 31.3. The molecule has 1 N–H and O–H groups in total. The number of likely N-dealkylation sites (tertiary alicyclic amines) is 1. The Morgan fingerprint density at radius 3 is 2.50 bits per heavy atom. The standard InChI is InChI=1S/C15H30N2S/c1-4-18-15-7-5-6-14(15)16-13-8-10-17(11-9-13)12(2)3/h12-16H,4-11H2,1-3H3. The van der Waals surface area contributed by atoms with Crippen LogP contribution in [0.4, 0.5) is 0 Å². The molecule has 0 spiro atoms. The third-order valence-electron chi connectivity index (χ3n) is 4.54. The highest BCUT2D eigenvalue weighted by Gasteiger charge is 2.30. The molecule has 1 saturated carbocycles. The fourth-order valence-electron chi connectivity index (χ4n) is 3.42. The monoisotopic (exact) mass is 270 g/mol. The summed E-state index contributed by atoms with van der Waals surface area (Å²) in [5.74, 6) is 1.27. The van der Waals surface area contributed by atoms with Crippen molar-refractivity contribution in [1.82, 2.24) is 10.2 Å². The van der Waals surface area contributed by atoms with Gasteiger partial charge in [-0.05, 0) is 58.4 Å². The zero-order chi connectivity index (χ0) is 13.0. The summed E-state index contributed by atoms with van der Waals surface area (Å²) in [7, 11) is 0. The van der Waals surface area contributed by atoms with Gasteiger partial charge in [0.15, 0.2) is 0 Å². The van der Waals surface area contributed by atoms with E-state index >= 15 is 0 Å². The molecule has 3 heteroatoms. The van der Waals surface area contributed by atoms with E-state index in [-0.39, 0.29) is 0 Å². The predicted octanol–water partition coefficient (Wildman–Crippen LogP) is 3.12. The van der Waals surface area contributed by atoms with Crippen LogP contribution in [0.25, 0.3) is 0 Å². The molecule has 2 nitrogen and oxygen atoms in total. The maximum atomic E-state index is 3.96. The van der Waals surface area contributed by atoms with Gasteiger partial charge in [0.05, 0.1) is 0 Å².